The highest BCUT2D eigenvalue weighted by atomic mass is 32.2. The lowest BCUT2D eigenvalue weighted by molar-refractivity contribution is 0.179. The highest BCUT2D eigenvalue weighted by molar-refractivity contribution is 7.99. The lowest BCUT2D eigenvalue weighted by Gasteiger charge is -2.29. The summed E-state index contributed by atoms with van der Waals surface area (Å²) in [4.78, 5) is 1.14. The predicted octanol–water partition coefficient (Wildman–Crippen LogP) is 2.08. The molecular weight excluding hydrogens is 294 g/mol. The number of hydrogen-bond donors (Lipinski definition) is 1. The highest BCUT2D eigenvalue weighted by Gasteiger charge is 2.25. The summed E-state index contributed by atoms with van der Waals surface area (Å²) in [6.07, 6.45) is 1.23. The molecule has 0 bridgehead atoms. The van der Waals surface area contributed by atoms with E-state index < -0.39 is 9.84 Å². The van der Waals surface area contributed by atoms with E-state index in [9.17, 15) is 8.42 Å². The van der Waals surface area contributed by atoms with Gasteiger partial charge in [-0.15, -0.1) is 11.8 Å². The number of benzene rings is 1. The van der Waals surface area contributed by atoms with Crippen LogP contribution in [0.15, 0.2) is 29.2 Å². The van der Waals surface area contributed by atoms with Crippen molar-refractivity contribution >= 4 is 21.6 Å². The van der Waals surface area contributed by atoms with Crippen LogP contribution in [-0.2, 0) is 9.84 Å². The van der Waals surface area contributed by atoms with Crippen molar-refractivity contribution in [2.24, 2.45) is 5.73 Å². The van der Waals surface area contributed by atoms with Crippen LogP contribution in [-0.4, -0.2) is 37.8 Å². The summed E-state index contributed by atoms with van der Waals surface area (Å²) in [6, 6.07) is 7.80. The second-order valence-corrected chi connectivity index (χ2v) is 8.49. The molecule has 0 amide bonds. The summed E-state index contributed by atoms with van der Waals surface area (Å²) >= 11 is 1.75. The second kappa shape index (κ2) is 6.83. The van der Waals surface area contributed by atoms with Gasteiger partial charge in [-0.1, -0.05) is 19.1 Å². The molecule has 0 saturated carbocycles. The van der Waals surface area contributed by atoms with Crippen LogP contribution < -0.4 is 10.5 Å². The first-order valence-corrected chi connectivity index (χ1v) is 9.67. The van der Waals surface area contributed by atoms with E-state index >= 15 is 0 Å². The molecule has 1 aromatic carbocycles. The molecule has 2 N–H and O–H groups in total. The summed E-state index contributed by atoms with van der Waals surface area (Å²) < 4.78 is 28.8. The fourth-order valence-corrected chi connectivity index (χ4v) is 4.10. The number of fused-ring (bicyclic) bond motifs is 1. The number of sulfone groups is 1. The number of rotatable bonds is 6. The van der Waals surface area contributed by atoms with Crippen LogP contribution >= 0.6 is 11.8 Å². The van der Waals surface area contributed by atoms with Crippen LogP contribution in [0.5, 0.6) is 5.75 Å². The monoisotopic (exact) mass is 315 g/mol. The SMILES string of the molecule is CCS(=O)(=O)CCCC(N)C1CSc2ccccc2O1. The molecule has 6 heteroatoms. The van der Waals surface area contributed by atoms with Crippen molar-refractivity contribution in [2.45, 2.75) is 36.8 Å². The van der Waals surface area contributed by atoms with Crippen LogP contribution in [0.2, 0.25) is 0 Å². The fourth-order valence-electron chi connectivity index (χ4n) is 2.12. The Bertz CT molecular complexity index is 545. The van der Waals surface area contributed by atoms with E-state index in [1.807, 2.05) is 24.3 Å². The predicted molar refractivity (Wildman–Crippen MR) is 83.1 cm³/mol. The Hall–Kier alpha value is -0.720. The van der Waals surface area contributed by atoms with Gasteiger partial charge in [-0.05, 0) is 25.0 Å². The lowest BCUT2D eigenvalue weighted by Crippen LogP contribution is -2.42. The molecular formula is C14H21NO3S2. The topological polar surface area (TPSA) is 69.4 Å². The van der Waals surface area contributed by atoms with Crippen molar-refractivity contribution in [3.8, 4) is 5.75 Å². The van der Waals surface area contributed by atoms with Gasteiger partial charge >= 0.3 is 0 Å². The first-order chi connectivity index (χ1) is 9.52. The van der Waals surface area contributed by atoms with E-state index in [-0.39, 0.29) is 23.7 Å². The lowest BCUT2D eigenvalue weighted by atomic mass is 10.1. The van der Waals surface area contributed by atoms with Gasteiger partial charge in [0.05, 0.1) is 5.75 Å². The van der Waals surface area contributed by atoms with E-state index in [1.165, 1.54) is 0 Å². The maximum absolute atomic E-state index is 11.4. The molecule has 1 heterocycles. The molecule has 2 rings (SSSR count). The molecule has 0 aromatic heterocycles. The average Bonchev–Trinajstić information content (AvgIpc) is 2.46. The second-order valence-electron chi connectivity index (χ2n) is 4.96. The first-order valence-electron chi connectivity index (χ1n) is 6.86. The Kier molecular flexibility index (Phi) is 5.35. The van der Waals surface area contributed by atoms with Gasteiger partial charge in [0.25, 0.3) is 0 Å². The molecule has 112 valence electrons. The van der Waals surface area contributed by atoms with Crippen LogP contribution in [0.3, 0.4) is 0 Å². The zero-order valence-corrected chi connectivity index (χ0v) is 13.3. The number of ether oxygens (including phenoxy) is 1. The van der Waals surface area contributed by atoms with Crippen LogP contribution in [0.4, 0.5) is 0 Å². The molecule has 0 saturated heterocycles. The van der Waals surface area contributed by atoms with Crippen LogP contribution in [0.1, 0.15) is 19.8 Å². The van der Waals surface area contributed by atoms with Crippen molar-refractivity contribution in [2.75, 3.05) is 17.3 Å². The Morgan fingerprint density at radius 3 is 2.95 bits per heavy atom. The highest BCUT2D eigenvalue weighted by Crippen LogP contribution is 2.35. The van der Waals surface area contributed by atoms with Gasteiger partial charge in [0.15, 0.2) is 0 Å². The minimum absolute atomic E-state index is 0.0424. The Balaban J connectivity index is 1.84. The zero-order chi connectivity index (χ0) is 14.6. The van der Waals surface area contributed by atoms with Gasteiger partial charge < -0.3 is 10.5 Å². The first kappa shape index (κ1) is 15.7. The molecule has 0 spiro atoms. The molecule has 2 unspecified atom stereocenters. The molecule has 2 atom stereocenters. The number of nitrogens with two attached hydrogens (primary N) is 1. The van der Waals surface area contributed by atoms with Crippen LogP contribution in [0, 0.1) is 0 Å². The summed E-state index contributed by atoms with van der Waals surface area (Å²) in [6.45, 7) is 1.67. The number of hydrogen-bond acceptors (Lipinski definition) is 5. The van der Waals surface area contributed by atoms with E-state index in [0.29, 0.717) is 12.8 Å². The molecule has 4 nitrogen and oxygen atoms in total. The molecule has 1 aromatic rings. The van der Waals surface area contributed by atoms with Gasteiger partial charge in [0, 0.05) is 22.4 Å². The van der Waals surface area contributed by atoms with Crippen molar-refractivity contribution in [3.05, 3.63) is 24.3 Å². The molecule has 0 fully saturated rings. The fraction of sp³-hybridized carbons (Fsp3) is 0.571. The number of thioether (sulfide) groups is 1. The van der Waals surface area contributed by atoms with Crippen molar-refractivity contribution in [3.63, 3.8) is 0 Å². The third kappa shape index (κ3) is 4.14. The van der Waals surface area contributed by atoms with E-state index in [2.05, 4.69) is 0 Å². The Labute approximate surface area is 125 Å². The third-order valence-electron chi connectivity index (χ3n) is 3.44. The minimum atomic E-state index is -2.90. The molecule has 1 aliphatic rings. The summed E-state index contributed by atoms with van der Waals surface area (Å²) in [5.41, 5.74) is 6.14. The Morgan fingerprint density at radius 1 is 1.45 bits per heavy atom. The maximum Gasteiger partial charge on any atom is 0.150 e. The Morgan fingerprint density at radius 2 is 2.20 bits per heavy atom. The summed E-state index contributed by atoms with van der Waals surface area (Å²) in [5.74, 6) is 2.11. The minimum Gasteiger partial charge on any atom is -0.487 e. The van der Waals surface area contributed by atoms with Gasteiger partial charge in [0.1, 0.15) is 21.7 Å². The van der Waals surface area contributed by atoms with E-state index in [4.69, 9.17) is 10.5 Å². The van der Waals surface area contributed by atoms with Gasteiger partial charge in [-0.2, -0.15) is 0 Å². The van der Waals surface area contributed by atoms with E-state index in [1.54, 1.807) is 18.7 Å². The van der Waals surface area contributed by atoms with Gasteiger partial charge in [-0.3, -0.25) is 0 Å². The normalized spacial score (nSPS) is 20.0. The van der Waals surface area contributed by atoms with Crippen molar-refractivity contribution in [1.82, 2.24) is 0 Å². The van der Waals surface area contributed by atoms with Crippen molar-refractivity contribution < 1.29 is 13.2 Å². The number of para-hydroxylation sites is 1. The smallest absolute Gasteiger partial charge is 0.150 e. The van der Waals surface area contributed by atoms with Crippen LogP contribution in [0.25, 0.3) is 0 Å². The molecule has 0 aliphatic carbocycles. The van der Waals surface area contributed by atoms with Gasteiger partial charge in [-0.25, -0.2) is 8.42 Å². The average molecular weight is 315 g/mol. The quantitative estimate of drug-likeness (QED) is 0.870. The largest absolute Gasteiger partial charge is 0.487 e. The van der Waals surface area contributed by atoms with E-state index in [0.717, 1.165) is 16.4 Å². The molecule has 1 aliphatic heterocycles. The molecule has 0 radical (unpaired) electrons. The summed E-state index contributed by atoms with van der Waals surface area (Å²) in [5, 5.41) is 0. The third-order valence-corrected chi connectivity index (χ3v) is 6.37. The maximum atomic E-state index is 11.4. The molecule has 20 heavy (non-hydrogen) atoms. The van der Waals surface area contributed by atoms with Gasteiger partial charge in [0.2, 0.25) is 0 Å². The summed E-state index contributed by atoms with van der Waals surface area (Å²) in [7, 11) is -2.90. The zero-order valence-electron chi connectivity index (χ0n) is 11.6. The van der Waals surface area contributed by atoms with Crippen molar-refractivity contribution in [1.29, 1.82) is 0 Å². The standard InChI is InChI=1S/C14H21NO3S2/c1-2-20(16,17)9-5-6-11(15)13-10-19-14-8-4-3-7-12(14)18-13/h3-4,7-8,11,13H,2,5-6,9-10,15H2,1H3.